The molecule has 0 saturated carbocycles. The standard InChI is InChI=1S/C9H10N4OS.Re/c1-3-4(2)12-13-9-5(3)6(10)7(15-9)8(11)14;/h1-2H3,(H4,10,11,14);/p-1. The number of aryl methyl sites for hydroxylation is 2. The maximum atomic E-state index is 11.0. The molecule has 1 amide bonds. The zero-order valence-electron chi connectivity index (χ0n) is 8.67. The molecule has 0 aliphatic rings. The summed E-state index contributed by atoms with van der Waals surface area (Å²) in [5.41, 5.74) is 14.9. The van der Waals surface area contributed by atoms with Gasteiger partial charge in [-0.25, -0.2) is 0 Å². The Morgan fingerprint density at radius 1 is 1.38 bits per heavy atom. The molecule has 3 N–H and O–H groups in total. The van der Waals surface area contributed by atoms with Crippen molar-refractivity contribution in [1.29, 1.82) is 0 Å². The third-order valence-corrected chi connectivity index (χ3v) is 3.43. The Morgan fingerprint density at radius 3 is 2.56 bits per heavy atom. The molecule has 5 nitrogen and oxygen atoms in total. The van der Waals surface area contributed by atoms with Crippen LogP contribution in [0.4, 0.5) is 5.69 Å². The third kappa shape index (κ3) is 1.82. The van der Waals surface area contributed by atoms with Gasteiger partial charge in [0.05, 0.1) is 22.2 Å². The monoisotopic (exact) mass is 408 g/mol. The van der Waals surface area contributed by atoms with Gasteiger partial charge in [0.1, 0.15) is 4.83 Å². The zero-order chi connectivity index (χ0) is 11.2. The molecule has 7 heteroatoms. The number of amides is 1. The molecule has 0 unspecified atom stereocenters. The minimum atomic E-state index is -0.771. The first-order valence-corrected chi connectivity index (χ1v) is 5.11. The van der Waals surface area contributed by atoms with Gasteiger partial charge in [-0.3, -0.25) is 0 Å². The Kier molecular flexibility index (Phi) is 3.63. The van der Waals surface area contributed by atoms with E-state index >= 15 is 0 Å². The van der Waals surface area contributed by atoms with Crippen molar-refractivity contribution in [3.8, 4) is 0 Å². The van der Waals surface area contributed by atoms with Crippen LogP contribution < -0.4 is 5.73 Å². The summed E-state index contributed by atoms with van der Waals surface area (Å²) in [5, 5.41) is 8.66. The van der Waals surface area contributed by atoms with Crippen molar-refractivity contribution in [1.82, 2.24) is 10.2 Å². The normalized spacial score (nSPS) is 10.1. The van der Waals surface area contributed by atoms with Gasteiger partial charge in [-0.1, -0.05) is 0 Å². The molecule has 1 radical (unpaired) electrons. The third-order valence-electron chi connectivity index (χ3n) is 2.34. The van der Waals surface area contributed by atoms with Crippen LogP contribution in [0, 0.1) is 13.8 Å². The van der Waals surface area contributed by atoms with Crippen molar-refractivity contribution in [2.45, 2.75) is 13.8 Å². The topological polar surface area (TPSA) is 92.7 Å². The van der Waals surface area contributed by atoms with E-state index in [1.54, 1.807) is 0 Å². The van der Waals surface area contributed by atoms with Gasteiger partial charge in [0.25, 0.3) is 0 Å². The summed E-state index contributed by atoms with van der Waals surface area (Å²) in [6.07, 6.45) is 0. The molecule has 0 aliphatic heterocycles. The van der Waals surface area contributed by atoms with Crippen LogP contribution in [0.25, 0.3) is 16.0 Å². The fraction of sp³-hybridized carbons (Fsp3) is 0.222. The fourth-order valence-electron chi connectivity index (χ4n) is 1.41. The minimum absolute atomic E-state index is 0. The molecule has 0 spiro atoms. The van der Waals surface area contributed by atoms with Gasteiger partial charge in [-0.15, -0.1) is 16.4 Å². The molecule has 0 aromatic carbocycles. The van der Waals surface area contributed by atoms with Gasteiger partial charge in [0, 0.05) is 25.8 Å². The van der Waals surface area contributed by atoms with Crippen molar-refractivity contribution in [3.05, 3.63) is 21.9 Å². The van der Waals surface area contributed by atoms with Gasteiger partial charge in [-0.2, -0.15) is 5.10 Å². The van der Waals surface area contributed by atoms with Crippen LogP contribution in [0.15, 0.2) is 0 Å². The maximum absolute atomic E-state index is 11.0. The van der Waals surface area contributed by atoms with E-state index in [9.17, 15) is 4.79 Å². The van der Waals surface area contributed by atoms with Crippen molar-refractivity contribution < 1.29 is 25.2 Å². The van der Waals surface area contributed by atoms with E-state index < -0.39 is 5.91 Å². The van der Waals surface area contributed by atoms with Crippen LogP contribution >= 0.6 is 11.3 Å². The number of nitrogen functional groups attached to an aromatic ring is 1. The van der Waals surface area contributed by atoms with E-state index in [-0.39, 0.29) is 25.3 Å². The number of anilines is 1. The van der Waals surface area contributed by atoms with E-state index in [0.717, 1.165) is 28.0 Å². The number of nitrogens with zero attached hydrogens (tertiary/aromatic N) is 2. The Balaban J connectivity index is 0.00000128. The van der Waals surface area contributed by atoms with Crippen LogP contribution in [-0.4, -0.2) is 16.1 Å². The molecule has 2 rings (SSSR count). The summed E-state index contributed by atoms with van der Waals surface area (Å²) in [6, 6.07) is 0. The van der Waals surface area contributed by atoms with Crippen molar-refractivity contribution in [2.75, 3.05) is 5.73 Å². The molecule has 16 heavy (non-hydrogen) atoms. The summed E-state index contributed by atoms with van der Waals surface area (Å²) < 4.78 is 0. The van der Waals surface area contributed by atoms with Crippen molar-refractivity contribution >= 4 is 33.1 Å². The van der Waals surface area contributed by atoms with E-state index in [0.29, 0.717) is 10.5 Å². The van der Waals surface area contributed by atoms with Crippen LogP contribution in [0.2, 0.25) is 0 Å². The first-order valence-electron chi connectivity index (χ1n) is 4.30. The van der Waals surface area contributed by atoms with E-state index in [1.807, 2.05) is 13.8 Å². The zero-order valence-corrected chi connectivity index (χ0v) is 12.2. The van der Waals surface area contributed by atoms with Crippen LogP contribution in [0.5, 0.6) is 0 Å². The Hall–Kier alpha value is -1.03. The molecular formula is C9H9N4OReS-. The van der Waals surface area contributed by atoms with Crippen molar-refractivity contribution in [3.63, 3.8) is 0 Å². The van der Waals surface area contributed by atoms with E-state index in [1.165, 1.54) is 0 Å². The second-order valence-corrected chi connectivity index (χ2v) is 4.26. The summed E-state index contributed by atoms with van der Waals surface area (Å²) in [5.74, 6) is -0.771. The summed E-state index contributed by atoms with van der Waals surface area (Å²) >= 11 is 1.12. The smallest absolute Gasteiger partial charge is 0.149 e. The average Bonchev–Trinajstić information content (AvgIpc) is 2.50. The number of carbonyl (C=O) groups excluding carboxylic acids is 1. The Bertz CT molecular complexity index is 566. The predicted molar refractivity (Wildman–Crippen MR) is 60.0 cm³/mol. The fourth-order valence-corrected chi connectivity index (χ4v) is 2.35. The molecular weight excluding hydrogens is 398 g/mol. The average molecular weight is 407 g/mol. The van der Waals surface area contributed by atoms with Gasteiger partial charge in [0.2, 0.25) is 0 Å². The van der Waals surface area contributed by atoms with Gasteiger partial charge >= 0.3 is 0 Å². The van der Waals surface area contributed by atoms with Crippen molar-refractivity contribution in [2.24, 2.45) is 0 Å². The first kappa shape index (κ1) is 13.0. The molecule has 85 valence electrons. The maximum Gasteiger partial charge on any atom is 0.149 e. The van der Waals surface area contributed by atoms with Crippen LogP contribution in [0.1, 0.15) is 20.9 Å². The summed E-state index contributed by atoms with van der Waals surface area (Å²) in [4.78, 5) is 11.8. The Morgan fingerprint density at radius 2 is 2.00 bits per heavy atom. The summed E-state index contributed by atoms with van der Waals surface area (Å²) in [7, 11) is 0. The van der Waals surface area contributed by atoms with Gasteiger partial charge in [0.15, 0.2) is 0 Å². The SMILES string of the molecule is Cc1nnc2sc(C([NH-])=O)c(N)c2c1C.[Re]. The quantitative estimate of drug-likeness (QED) is 0.783. The number of nitrogens with two attached hydrogens (primary N) is 1. The number of aromatic nitrogens is 2. The predicted octanol–water partition coefficient (Wildman–Crippen LogP) is 2.08. The largest absolute Gasteiger partial charge is 0.663 e. The van der Waals surface area contributed by atoms with Gasteiger partial charge < -0.3 is 16.3 Å². The second-order valence-electron chi connectivity index (χ2n) is 3.26. The molecule has 2 heterocycles. The van der Waals surface area contributed by atoms with Gasteiger partial charge in [-0.05, 0) is 19.4 Å². The molecule has 2 aromatic heterocycles. The number of rotatable bonds is 1. The Labute approximate surface area is 110 Å². The van der Waals surface area contributed by atoms with E-state index in [2.05, 4.69) is 10.2 Å². The number of carbonyl (C=O) groups is 1. The number of nitrogens with one attached hydrogen (secondary N) is 1. The summed E-state index contributed by atoms with van der Waals surface area (Å²) in [6.45, 7) is 3.72. The van der Waals surface area contributed by atoms with E-state index in [4.69, 9.17) is 11.5 Å². The first-order chi connectivity index (χ1) is 7.02. The molecule has 2 aromatic rings. The molecule has 0 saturated heterocycles. The van der Waals surface area contributed by atoms with Crippen LogP contribution in [-0.2, 0) is 20.4 Å². The number of fused-ring (bicyclic) bond motifs is 1. The second kappa shape index (κ2) is 4.46. The number of thiophene rings is 1. The molecule has 0 bridgehead atoms. The molecule has 0 atom stereocenters. The van der Waals surface area contributed by atoms with Crippen LogP contribution in [0.3, 0.4) is 0 Å². The molecule has 0 aliphatic carbocycles. The number of hydrogen-bond donors (Lipinski definition) is 1. The minimum Gasteiger partial charge on any atom is -0.663 e. The molecule has 0 fully saturated rings. The number of hydrogen-bond acceptors (Lipinski definition) is 5.